The molecule has 2 aliphatic rings. The molecule has 0 amide bonds. The van der Waals surface area contributed by atoms with Crippen molar-refractivity contribution >= 4 is 40.9 Å². The largest absolute Gasteiger partial charge is 0.378 e. The molecule has 0 N–H and O–H groups in total. The molecule has 0 aromatic heterocycles. The molecule has 0 aromatic rings. The molecule has 1 saturated carbocycles. The first-order valence-electron chi connectivity index (χ1n) is 4.84. The second-order valence-electron chi connectivity index (χ2n) is 3.45. The first-order chi connectivity index (χ1) is 6.40. The van der Waals surface area contributed by atoms with Crippen LogP contribution in [0.25, 0.3) is 0 Å². The molecule has 1 heterocycles. The van der Waals surface area contributed by atoms with Gasteiger partial charge in [-0.25, -0.2) is 0 Å². The molecule has 0 aromatic carbocycles. The highest BCUT2D eigenvalue weighted by Crippen LogP contribution is 2.25. The summed E-state index contributed by atoms with van der Waals surface area (Å²) in [7, 11) is 0. The molecular formula is C9H17IN2OS. The van der Waals surface area contributed by atoms with Crippen LogP contribution in [0.4, 0.5) is 0 Å². The minimum Gasteiger partial charge on any atom is -0.378 e. The van der Waals surface area contributed by atoms with Gasteiger partial charge in [0.15, 0.2) is 5.17 Å². The molecule has 1 aliphatic carbocycles. The highest BCUT2D eigenvalue weighted by atomic mass is 127. The van der Waals surface area contributed by atoms with Gasteiger partial charge in [0.05, 0.1) is 19.3 Å². The number of nitrogens with zero attached hydrogens (tertiary/aromatic N) is 2. The van der Waals surface area contributed by atoms with Crippen molar-refractivity contribution in [1.29, 1.82) is 0 Å². The Bertz CT molecular complexity index is 203. The molecule has 0 unspecified atom stereocenters. The number of thioether (sulfide) groups is 1. The number of ether oxygens (including phenoxy) is 1. The van der Waals surface area contributed by atoms with E-state index in [2.05, 4.69) is 16.1 Å². The molecule has 0 spiro atoms. The molecule has 2 fully saturated rings. The summed E-state index contributed by atoms with van der Waals surface area (Å²) in [6, 6.07) is 0.630. The van der Waals surface area contributed by atoms with Crippen LogP contribution in [-0.2, 0) is 4.74 Å². The lowest BCUT2D eigenvalue weighted by molar-refractivity contribution is 0.0692. The van der Waals surface area contributed by atoms with Gasteiger partial charge in [-0.05, 0) is 19.1 Å². The van der Waals surface area contributed by atoms with Gasteiger partial charge >= 0.3 is 0 Å². The van der Waals surface area contributed by atoms with Crippen molar-refractivity contribution in [2.45, 2.75) is 18.9 Å². The zero-order valence-electron chi connectivity index (χ0n) is 8.44. The Balaban J connectivity index is 0.000000980. The van der Waals surface area contributed by atoms with Crippen LogP contribution >= 0.6 is 35.7 Å². The molecule has 3 nitrogen and oxygen atoms in total. The van der Waals surface area contributed by atoms with Gasteiger partial charge in [0.2, 0.25) is 0 Å². The number of hydrogen-bond donors (Lipinski definition) is 0. The lowest BCUT2D eigenvalue weighted by Crippen LogP contribution is -2.39. The third kappa shape index (κ3) is 3.58. The number of halogens is 1. The summed E-state index contributed by atoms with van der Waals surface area (Å²) in [5.74, 6) is 0. The molecule has 1 saturated heterocycles. The zero-order chi connectivity index (χ0) is 9.10. The van der Waals surface area contributed by atoms with Crippen molar-refractivity contribution in [3.05, 3.63) is 0 Å². The van der Waals surface area contributed by atoms with Crippen LogP contribution in [0.3, 0.4) is 0 Å². The van der Waals surface area contributed by atoms with Crippen molar-refractivity contribution < 1.29 is 4.74 Å². The van der Waals surface area contributed by atoms with E-state index >= 15 is 0 Å². The van der Waals surface area contributed by atoms with E-state index in [4.69, 9.17) is 4.74 Å². The molecule has 0 atom stereocenters. The monoisotopic (exact) mass is 328 g/mol. The first-order valence-corrected chi connectivity index (χ1v) is 6.07. The van der Waals surface area contributed by atoms with E-state index in [9.17, 15) is 0 Å². The maximum Gasteiger partial charge on any atom is 0.159 e. The summed E-state index contributed by atoms with van der Waals surface area (Å²) >= 11 is 1.77. The fourth-order valence-corrected chi connectivity index (χ4v) is 2.07. The Labute approximate surface area is 107 Å². The normalized spacial score (nSPS) is 23.2. The number of amidine groups is 1. The maximum atomic E-state index is 5.31. The van der Waals surface area contributed by atoms with Gasteiger partial charge in [-0.1, -0.05) is 11.8 Å². The van der Waals surface area contributed by atoms with Gasteiger partial charge < -0.3 is 9.64 Å². The van der Waals surface area contributed by atoms with E-state index in [1.807, 2.05) is 0 Å². The lowest BCUT2D eigenvalue weighted by Gasteiger charge is -2.28. The second-order valence-corrected chi connectivity index (χ2v) is 4.22. The molecule has 0 bridgehead atoms. The van der Waals surface area contributed by atoms with Gasteiger partial charge in [0.1, 0.15) is 0 Å². The van der Waals surface area contributed by atoms with E-state index < -0.39 is 0 Å². The Kier molecular flexibility index (Phi) is 5.54. The van der Waals surface area contributed by atoms with E-state index in [1.54, 1.807) is 11.8 Å². The lowest BCUT2D eigenvalue weighted by atomic mass is 10.5. The average molecular weight is 328 g/mol. The molecule has 82 valence electrons. The number of morpholine rings is 1. The van der Waals surface area contributed by atoms with Crippen molar-refractivity contribution in [3.8, 4) is 0 Å². The Morgan fingerprint density at radius 2 is 2.00 bits per heavy atom. The molecule has 0 radical (unpaired) electrons. The summed E-state index contributed by atoms with van der Waals surface area (Å²) in [5, 5.41) is 1.21. The van der Waals surface area contributed by atoms with E-state index in [0.29, 0.717) is 6.04 Å². The Morgan fingerprint density at radius 1 is 1.36 bits per heavy atom. The van der Waals surface area contributed by atoms with Gasteiger partial charge in [-0.15, -0.1) is 24.0 Å². The number of aliphatic imine (C=N–C) groups is 1. The van der Waals surface area contributed by atoms with Gasteiger partial charge in [-0.2, -0.15) is 0 Å². The van der Waals surface area contributed by atoms with Gasteiger partial charge in [0.25, 0.3) is 0 Å². The highest BCUT2D eigenvalue weighted by molar-refractivity contribution is 14.0. The Hall–Kier alpha value is 0.510. The van der Waals surface area contributed by atoms with E-state index in [0.717, 1.165) is 26.3 Å². The second kappa shape index (κ2) is 6.17. The summed E-state index contributed by atoms with van der Waals surface area (Å²) in [4.78, 5) is 7.02. The fourth-order valence-electron chi connectivity index (χ4n) is 1.38. The predicted octanol–water partition coefficient (Wildman–Crippen LogP) is 1.82. The molecule has 5 heteroatoms. The van der Waals surface area contributed by atoms with Crippen molar-refractivity contribution in [2.75, 3.05) is 32.6 Å². The van der Waals surface area contributed by atoms with E-state index in [-0.39, 0.29) is 24.0 Å². The summed E-state index contributed by atoms with van der Waals surface area (Å²) in [5.41, 5.74) is 0. The SMILES string of the molecule is CSC(=NC1CC1)N1CCOCC1.I. The summed E-state index contributed by atoms with van der Waals surface area (Å²) < 4.78 is 5.31. The van der Waals surface area contributed by atoms with Crippen LogP contribution in [-0.4, -0.2) is 48.7 Å². The molecule has 2 rings (SSSR count). The van der Waals surface area contributed by atoms with Gasteiger partial charge in [-0.3, -0.25) is 4.99 Å². The quantitative estimate of drug-likeness (QED) is 0.417. The smallest absolute Gasteiger partial charge is 0.159 e. The Morgan fingerprint density at radius 3 is 2.50 bits per heavy atom. The summed E-state index contributed by atoms with van der Waals surface area (Å²) in [6.45, 7) is 3.72. The molecular weight excluding hydrogens is 311 g/mol. The van der Waals surface area contributed by atoms with Crippen LogP contribution in [0.2, 0.25) is 0 Å². The van der Waals surface area contributed by atoms with Crippen molar-refractivity contribution in [1.82, 2.24) is 4.90 Å². The van der Waals surface area contributed by atoms with Gasteiger partial charge in [0, 0.05) is 13.1 Å². The zero-order valence-corrected chi connectivity index (χ0v) is 11.6. The fraction of sp³-hybridized carbons (Fsp3) is 0.889. The van der Waals surface area contributed by atoms with Crippen molar-refractivity contribution in [2.24, 2.45) is 4.99 Å². The third-order valence-electron chi connectivity index (χ3n) is 2.30. The average Bonchev–Trinajstić information content (AvgIpc) is 2.99. The van der Waals surface area contributed by atoms with Crippen LogP contribution in [0.5, 0.6) is 0 Å². The minimum atomic E-state index is 0. The first kappa shape index (κ1) is 12.6. The van der Waals surface area contributed by atoms with Crippen molar-refractivity contribution in [3.63, 3.8) is 0 Å². The molecule has 14 heavy (non-hydrogen) atoms. The highest BCUT2D eigenvalue weighted by Gasteiger charge is 2.23. The van der Waals surface area contributed by atoms with Crippen LogP contribution < -0.4 is 0 Å². The molecule has 1 aliphatic heterocycles. The summed E-state index contributed by atoms with van der Waals surface area (Å²) in [6.07, 6.45) is 4.68. The maximum absolute atomic E-state index is 5.31. The predicted molar refractivity (Wildman–Crippen MR) is 71.8 cm³/mol. The van der Waals surface area contributed by atoms with E-state index in [1.165, 1.54) is 18.0 Å². The van der Waals surface area contributed by atoms with Crippen LogP contribution in [0.1, 0.15) is 12.8 Å². The minimum absolute atomic E-state index is 0. The topological polar surface area (TPSA) is 24.8 Å². The van der Waals surface area contributed by atoms with Crippen LogP contribution in [0, 0.1) is 0 Å². The number of hydrogen-bond acceptors (Lipinski definition) is 3. The standard InChI is InChI=1S/C9H16N2OS.HI/c1-13-9(10-8-2-3-8)11-4-6-12-7-5-11;/h8H,2-7H2,1H3;1H. The number of rotatable bonds is 1. The third-order valence-corrected chi connectivity index (χ3v) is 3.03. The van der Waals surface area contributed by atoms with Crippen LogP contribution in [0.15, 0.2) is 4.99 Å².